The van der Waals surface area contributed by atoms with E-state index in [4.69, 9.17) is 21.4 Å². The minimum Gasteiger partial charge on any atom is -0.482 e. The van der Waals surface area contributed by atoms with Crippen molar-refractivity contribution in [3.63, 3.8) is 0 Å². The van der Waals surface area contributed by atoms with Gasteiger partial charge in [-0.1, -0.05) is 17.7 Å². The van der Waals surface area contributed by atoms with Crippen LogP contribution in [0.2, 0.25) is 5.02 Å². The molecule has 4 nitrogen and oxygen atoms in total. The first-order chi connectivity index (χ1) is 7.67. The molecule has 1 rings (SSSR count). The summed E-state index contributed by atoms with van der Waals surface area (Å²) in [5.74, 6) is 0.245. The molecule has 0 unspecified atom stereocenters. The lowest BCUT2D eigenvalue weighted by molar-refractivity contribution is -0.122. The van der Waals surface area contributed by atoms with Crippen LogP contribution in [0.5, 0.6) is 5.75 Å². The zero-order valence-corrected chi connectivity index (χ0v) is 9.75. The summed E-state index contributed by atoms with van der Waals surface area (Å²) in [6.45, 7) is 2.27. The van der Waals surface area contributed by atoms with E-state index in [0.29, 0.717) is 22.9 Å². The Morgan fingerprint density at radius 2 is 2.31 bits per heavy atom. The van der Waals surface area contributed by atoms with Gasteiger partial charge in [0.25, 0.3) is 5.91 Å². The number of carbonyl (C=O) groups excluding carboxylic acids is 1. The van der Waals surface area contributed by atoms with Crippen LogP contribution in [0.3, 0.4) is 0 Å². The average Bonchev–Trinajstić information content (AvgIpc) is 2.27. The largest absolute Gasteiger partial charge is 0.482 e. The Labute approximate surface area is 99.2 Å². The van der Waals surface area contributed by atoms with Crippen molar-refractivity contribution < 1.29 is 14.6 Å². The molecule has 16 heavy (non-hydrogen) atoms. The van der Waals surface area contributed by atoms with Gasteiger partial charge in [-0.25, -0.2) is 0 Å². The lowest BCUT2D eigenvalue weighted by Crippen LogP contribution is -2.28. The third kappa shape index (κ3) is 3.72. The number of benzene rings is 1. The first-order valence-corrected chi connectivity index (χ1v) is 5.34. The molecule has 0 bridgehead atoms. The Kier molecular flexibility index (Phi) is 5.08. The minimum atomic E-state index is -0.190. The summed E-state index contributed by atoms with van der Waals surface area (Å²) in [6, 6.07) is 4.93. The second-order valence-electron chi connectivity index (χ2n) is 3.17. The molecule has 1 amide bonds. The van der Waals surface area contributed by atoms with E-state index in [1.165, 1.54) is 0 Å². The van der Waals surface area contributed by atoms with Crippen molar-refractivity contribution in [2.75, 3.05) is 13.2 Å². The topological polar surface area (TPSA) is 58.6 Å². The molecule has 0 fully saturated rings. The van der Waals surface area contributed by atoms with Crippen molar-refractivity contribution in [3.05, 3.63) is 28.8 Å². The quantitative estimate of drug-likeness (QED) is 0.821. The van der Waals surface area contributed by atoms with Crippen molar-refractivity contribution in [1.82, 2.24) is 5.32 Å². The highest BCUT2D eigenvalue weighted by atomic mass is 35.5. The maximum absolute atomic E-state index is 11.1. The Balaban J connectivity index is 2.57. The van der Waals surface area contributed by atoms with Gasteiger partial charge in [0, 0.05) is 6.54 Å². The van der Waals surface area contributed by atoms with E-state index in [2.05, 4.69) is 5.32 Å². The maximum Gasteiger partial charge on any atom is 0.257 e. The van der Waals surface area contributed by atoms with Crippen molar-refractivity contribution in [1.29, 1.82) is 0 Å². The van der Waals surface area contributed by atoms with Crippen LogP contribution < -0.4 is 10.1 Å². The standard InChI is InChI=1S/C11H14ClNO3/c1-2-13-11(15)7-16-10-4-3-8(6-14)5-9(10)12/h3-5,14H,2,6-7H2,1H3,(H,13,15). The molecule has 0 saturated carbocycles. The highest BCUT2D eigenvalue weighted by Crippen LogP contribution is 2.25. The van der Waals surface area contributed by atoms with Gasteiger partial charge in [-0.3, -0.25) is 4.79 Å². The number of rotatable bonds is 5. The second-order valence-corrected chi connectivity index (χ2v) is 3.57. The summed E-state index contributed by atoms with van der Waals surface area (Å²) in [4.78, 5) is 11.1. The molecular weight excluding hydrogens is 230 g/mol. The zero-order valence-electron chi connectivity index (χ0n) is 9.00. The summed E-state index contributed by atoms with van der Waals surface area (Å²) < 4.78 is 5.22. The van der Waals surface area contributed by atoms with Crippen LogP contribution in [0.25, 0.3) is 0 Å². The first kappa shape index (κ1) is 12.8. The van der Waals surface area contributed by atoms with Gasteiger partial charge in [-0.2, -0.15) is 0 Å². The number of nitrogens with one attached hydrogen (secondary N) is 1. The average molecular weight is 244 g/mol. The van der Waals surface area contributed by atoms with Crippen molar-refractivity contribution in [2.45, 2.75) is 13.5 Å². The molecule has 2 N–H and O–H groups in total. The van der Waals surface area contributed by atoms with Crippen LogP contribution in [-0.4, -0.2) is 24.2 Å². The van der Waals surface area contributed by atoms with Gasteiger partial charge in [0.05, 0.1) is 11.6 Å². The Morgan fingerprint density at radius 1 is 1.56 bits per heavy atom. The Morgan fingerprint density at radius 3 is 2.88 bits per heavy atom. The molecular formula is C11H14ClNO3. The lowest BCUT2D eigenvalue weighted by atomic mass is 10.2. The zero-order chi connectivity index (χ0) is 12.0. The van der Waals surface area contributed by atoms with E-state index in [-0.39, 0.29) is 19.1 Å². The van der Waals surface area contributed by atoms with Gasteiger partial charge < -0.3 is 15.2 Å². The molecule has 0 radical (unpaired) electrons. The van der Waals surface area contributed by atoms with Gasteiger partial charge in [0.2, 0.25) is 0 Å². The molecule has 0 aliphatic heterocycles. The Hall–Kier alpha value is -1.26. The van der Waals surface area contributed by atoms with Gasteiger partial charge >= 0.3 is 0 Å². The van der Waals surface area contributed by atoms with Crippen molar-refractivity contribution >= 4 is 17.5 Å². The number of amides is 1. The lowest BCUT2D eigenvalue weighted by Gasteiger charge is -2.08. The number of halogens is 1. The molecule has 0 spiro atoms. The molecule has 1 aromatic carbocycles. The van der Waals surface area contributed by atoms with Crippen LogP contribution >= 0.6 is 11.6 Å². The van der Waals surface area contributed by atoms with E-state index < -0.39 is 0 Å². The number of aliphatic hydroxyl groups is 1. The van der Waals surface area contributed by atoms with Crippen LogP contribution in [0.4, 0.5) is 0 Å². The van der Waals surface area contributed by atoms with E-state index in [1.807, 2.05) is 6.92 Å². The number of hydrogen-bond donors (Lipinski definition) is 2. The summed E-state index contributed by atoms with van der Waals surface area (Å²) >= 11 is 5.90. The fourth-order valence-electron chi connectivity index (χ4n) is 1.15. The van der Waals surface area contributed by atoms with Crippen molar-refractivity contribution in [2.24, 2.45) is 0 Å². The summed E-state index contributed by atoms with van der Waals surface area (Å²) in [5, 5.41) is 11.9. The fourth-order valence-corrected chi connectivity index (χ4v) is 1.41. The summed E-state index contributed by atoms with van der Waals surface area (Å²) in [7, 11) is 0. The maximum atomic E-state index is 11.1. The van der Waals surface area contributed by atoms with E-state index in [1.54, 1.807) is 18.2 Å². The Bertz CT molecular complexity index is 368. The fraction of sp³-hybridized carbons (Fsp3) is 0.364. The van der Waals surface area contributed by atoms with E-state index in [9.17, 15) is 4.79 Å². The number of ether oxygens (including phenoxy) is 1. The van der Waals surface area contributed by atoms with Crippen LogP contribution in [0, 0.1) is 0 Å². The number of hydrogen-bond acceptors (Lipinski definition) is 3. The molecule has 0 atom stereocenters. The summed E-state index contributed by atoms with van der Waals surface area (Å²) in [6.07, 6.45) is 0. The van der Waals surface area contributed by atoms with E-state index in [0.717, 1.165) is 0 Å². The van der Waals surface area contributed by atoms with Crippen LogP contribution in [0.15, 0.2) is 18.2 Å². The highest BCUT2D eigenvalue weighted by molar-refractivity contribution is 6.32. The molecule has 1 aromatic rings. The molecule has 0 saturated heterocycles. The third-order valence-electron chi connectivity index (χ3n) is 1.91. The highest BCUT2D eigenvalue weighted by Gasteiger charge is 2.05. The number of aliphatic hydroxyl groups excluding tert-OH is 1. The molecule has 88 valence electrons. The van der Waals surface area contributed by atoms with Crippen LogP contribution in [-0.2, 0) is 11.4 Å². The number of likely N-dealkylation sites (N-methyl/N-ethyl adjacent to an activating group) is 1. The molecule has 0 aromatic heterocycles. The smallest absolute Gasteiger partial charge is 0.257 e. The van der Waals surface area contributed by atoms with Gasteiger partial charge in [-0.05, 0) is 24.6 Å². The normalized spacial score (nSPS) is 9.94. The third-order valence-corrected chi connectivity index (χ3v) is 2.21. The van der Waals surface area contributed by atoms with E-state index >= 15 is 0 Å². The molecule has 0 heterocycles. The molecule has 0 aliphatic rings. The minimum absolute atomic E-state index is 0.0635. The van der Waals surface area contributed by atoms with Crippen molar-refractivity contribution in [3.8, 4) is 5.75 Å². The predicted molar refractivity (Wildman–Crippen MR) is 61.6 cm³/mol. The number of carbonyl (C=O) groups is 1. The van der Waals surface area contributed by atoms with Gasteiger partial charge in [-0.15, -0.1) is 0 Å². The molecule has 5 heteroatoms. The van der Waals surface area contributed by atoms with Gasteiger partial charge in [0.1, 0.15) is 5.75 Å². The second kappa shape index (κ2) is 6.35. The van der Waals surface area contributed by atoms with Gasteiger partial charge in [0.15, 0.2) is 6.61 Å². The first-order valence-electron chi connectivity index (χ1n) is 4.96. The predicted octanol–water partition coefficient (Wildman–Crippen LogP) is 1.35. The SMILES string of the molecule is CCNC(=O)COc1ccc(CO)cc1Cl. The molecule has 0 aliphatic carbocycles. The summed E-state index contributed by atoms with van der Waals surface area (Å²) in [5.41, 5.74) is 0.704. The monoisotopic (exact) mass is 243 g/mol. The van der Waals surface area contributed by atoms with Crippen LogP contribution in [0.1, 0.15) is 12.5 Å².